The Kier molecular flexibility index (Phi) is 32.7. The number of aliphatic hydroxyl groups excluding tert-OH is 1. The van der Waals surface area contributed by atoms with Crippen LogP contribution in [-0.2, 0) is 0 Å². The van der Waals surface area contributed by atoms with Crippen molar-refractivity contribution in [2.75, 3.05) is 13.7 Å². The summed E-state index contributed by atoms with van der Waals surface area (Å²) < 4.78 is 5.64. The topological polar surface area (TPSA) is 63.6 Å². The van der Waals surface area contributed by atoms with Crippen molar-refractivity contribution in [3.63, 3.8) is 0 Å². The molecule has 0 unspecified atom stereocenters. The van der Waals surface area contributed by atoms with Gasteiger partial charge in [-0.1, -0.05) is 246 Å². The van der Waals surface area contributed by atoms with Gasteiger partial charge in [0.15, 0.2) is 11.6 Å². The molecule has 0 fully saturated rings. The maximum absolute atomic E-state index is 12.4. The largest absolute Gasteiger partial charge is 0.496 e. The number of carbonyl (C=O) groups excluding carboxylic acids is 2. The molecule has 0 aliphatic heterocycles. The van der Waals surface area contributed by atoms with Gasteiger partial charge in [0.1, 0.15) is 5.75 Å². The van der Waals surface area contributed by atoms with Crippen LogP contribution >= 0.6 is 0 Å². The number of aryl methyl sites for hydroxylation is 18. The maximum Gasteiger partial charge on any atom is 0.160 e. The fourth-order valence-electron chi connectivity index (χ4n) is 18.4. The number of ketones is 2. The molecule has 127 heavy (non-hydrogen) atoms. The molecule has 0 saturated heterocycles. The summed E-state index contributed by atoms with van der Waals surface area (Å²) in [5.74, 6) is 1.86. The van der Waals surface area contributed by atoms with Crippen LogP contribution in [0, 0.1) is 194 Å². The van der Waals surface area contributed by atoms with E-state index in [-0.39, 0.29) is 41.8 Å². The predicted octanol–water partition coefficient (Wildman–Crippen LogP) is 31.3. The van der Waals surface area contributed by atoms with Crippen molar-refractivity contribution in [2.45, 2.75) is 237 Å². The molecule has 0 aliphatic carbocycles. The van der Waals surface area contributed by atoms with Crippen molar-refractivity contribution < 1.29 is 19.4 Å². The molecule has 4 heteroatoms. The van der Waals surface area contributed by atoms with Crippen LogP contribution in [0.4, 0.5) is 0 Å². The van der Waals surface area contributed by atoms with E-state index in [9.17, 15) is 14.7 Å². The molecule has 0 aliphatic rings. The molecular formula is C123H140O4. The molecule has 14 rings (SSSR count). The number of methoxy groups -OCH3 is 1. The lowest BCUT2D eigenvalue weighted by atomic mass is 9.76. The number of hydrogen-bond acceptors (Lipinski definition) is 4. The molecule has 14 aromatic rings. The van der Waals surface area contributed by atoms with Gasteiger partial charge in [-0.15, -0.1) is 0 Å². The van der Waals surface area contributed by atoms with Crippen LogP contribution < -0.4 is 4.74 Å². The van der Waals surface area contributed by atoms with Crippen molar-refractivity contribution in [1.29, 1.82) is 0 Å². The second-order valence-corrected chi connectivity index (χ2v) is 36.9. The Morgan fingerprint density at radius 3 is 0.795 bits per heavy atom. The van der Waals surface area contributed by atoms with Crippen LogP contribution in [0.3, 0.4) is 0 Å². The van der Waals surface area contributed by atoms with E-state index in [1.807, 2.05) is 32.0 Å². The highest BCUT2D eigenvalue weighted by Crippen LogP contribution is 2.44. The monoisotopic (exact) mass is 1680 g/mol. The zero-order valence-electron chi connectivity index (χ0n) is 82.3. The maximum atomic E-state index is 12.4. The van der Waals surface area contributed by atoms with E-state index in [0.717, 1.165) is 61.4 Å². The third kappa shape index (κ3) is 23.0. The summed E-state index contributed by atoms with van der Waals surface area (Å²) >= 11 is 0. The summed E-state index contributed by atoms with van der Waals surface area (Å²) in [5, 5.41) is 9.82. The van der Waals surface area contributed by atoms with Crippen molar-refractivity contribution >= 4 is 11.6 Å². The number of benzene rings is 14. The molecule has 0 atom stereocenters. The summed E-state index contributed by atoms with van der Waals surface area (Å²) in [6.07, 6.45) is 0. The average molecular weight is 1680 g/mol. The molecule has 4 nitrogen and oxygen atoms in total. The highest BCUT2D eigenvalue weighted by molar-refractivity contribution is 5.97. The summed E-state index contributed by atoms with van der Waals surface area (Å²) in [6.45, 7) is 63.9. The standard InChI is InChI=1S/C29H32O2.C27H32O.C27H32.C22H22.C18H22O/c1-16-18(3)25(22(7)30)14-27(20(16)5)29(24-12-10-9-11-13-24)28-15-26(23(8)31)19(4)17(2)21(28)6;1-16-9-10-23(15-26(16)28-8)27(24-11-17(2)21(6)18(3)12-24)25-13-19(4)22(7)20(5)14-25;1-16-9-10-24(11-17(16)2)27(25-12-18(3)22(7)19(4)13-25)26-14-20(5)23(8)21(6)15-26;1-16-4-10-19(11-5-16)22(20-12-6-17(2)7-13-20)21-14-8-18(3)9-15-21;1-12-5-7-16(14(3)9-12)18(11-19)17-8-6-13(2)10-15(17)4/h9-15,29H,1-8H3;9-15,27H,1-8H3;9-15,27H,1-8H3;4-15,22H,1-3H3;5-10,18-19H,11H2,1-4H3. The molecule has 0 aromatic heterocycles. The fourth-order valence-corrected chi connectivity index (χ4v) is 18.4. The number of hydrogen-bond donors (Lipinski definition) is 1. The second-order valence-electron chi connectivity index (χ2n) is 36.9. The molecule has 14 aromatic carbocycles. The first-order valence-corrected chi connectivity index (χ1v) is 45.4. The Morgan fingerprint density at radius 1 is 0.228 bits per heavy atom. The van der Waals surface area contributed by atoms with E-state index in [2.05, 4.69) is 398 Å². The van der Waals surface area contributed by atoms with Crippen molar-refractivity contribution in [3.8, 4) is 5.75 Å². The smallest absolute Gasteiger partial charge is 0.160 e. The van der Waals surface area contributed by atoms with Crippen molar-refractivity contribution in [1.82, 2.24) is 0 Å². The molecule has 0 heterocycles. The van der Waals surface area contributed by atoms with Crippen LogP contribution in [0.1, 0.15) is 298 Å². The lowest BCUT2D eigenvalue weighted by molar-refractivity contribution is 0.100. The quantitative estimate of drug-likeness (QED) is 0.0687. The van der Waals surface area contributed by atoms with E-state index < -0.39 is 0 Å². The molecule has 1 N–H and O–H groups in total. The number of carbonyl (C=O) groups is 2. The lowest BCUT2D eigenvalue weighted by Crippen LogP contribution is -2.14. The van der Waals surface area contributed by atoms with E-state index in [0.29, 0.717) is 5.92 Å². The molecule has 0 radical (unpaired) electrons. The Bertz CT molecular complexity index is 5860. The van der Waals surface area contributed by atoms with Crippen molar-refractivity contribution in [3.05, 3.63) is 481 Å². The van der Waals surface area contributed by atoms with Crippen LogP contribution in [-0.4, -0.2) is 30.4 Å². The van der Waals surface area contributed by atoms with Gasteiger partial charge in [-0.25, -0.2) is 0 Å². The van der Waals surface area contributed by atoms with Gasteiger partial charge in [0.2, 0.25) is 0 Å². The minimum atomic E-state index is -0.0593. The van der Waals surface area contributed by atoms with Crippen LogP contribution in [0.25, 0.3) is 0 Å². The molecule has 0 amide bonds. The Balaban J connectivity index is 0.000000167. The van der Waals surface area contributed by atoms with Crippen LogP contribution in [0.5, 0.6) is 5.75 Å². The third-order valence-electron chi connectivity index (χ3n) is 27.8. The van der Waals surface area contributed by atoms with Crippen molar-refractivity contribution in [2.24, 2.45) is 0 Å². The Hall–Kier alpha value is -11.8. The number of aliphatic hydroxyl groups is 1. The number of Topliss-reactive ketones (excluding diaryl/α,β-unsaturated/α-hetero) is 2. The number of ether oxygens (including phenoxy) is 1. The molecule has 0 saturated carbocycles. The molecule has 656 valence electrons. The Morgan fingerprint density at radius 2 is 0.504 bits per heavy atom. The normalized spacial score (nSPS) is 11.1. The van der Waals surface area contributed by atoms with Gasteiger partial charge in [-0.3, -0.25) is 9.59 Å². The molecule has 0 bridgehead atoms. The fraction of sp³-hybridized carbons (Fsp3) is 0.301. The summed E-state index contributed by atoms with van der Waals surface area (Å²) in [6, 6.07) is 86.6. The minimum Gasteiger partial charge on any atom is -0.496 e. The summed E-state index contributed by atoms with van der Waals surface area (Å²) in [4.78, 5) is 24.9. The van der Waals surface area contributed by atoms with Gasteiger partial charge in [0, 0.05) is 40.7 Å². The van der Waals surface area contributed by atoms with Gasteiger partial charge in [-0.2, -0.15) is 0 Å². The average Bonchev–Trinajstić information content (AvgIpc) is 0.777. The zero-order chi connectivity index (χ0) is 93.0. The first-order chi connectivity index (χ1) is 60.1. The van der Waals surface area contributed by atoms with E-state index >= 15 is 0 Å². The first kappa shape index (κ1) is 97.4. The van der Waals surface area contributed by atoms with Gasteiger partial charge < -0.3 is 9.84 Å². The van der Waals surface area contributed by atoms with E-state index in [4.69, 9.17) is 4.74 Å². The van der Waals surface area contributed by atoms with Crippen LogP contribution in [0.15, 0.2) is 237 Å². The number of rotatable bonds is 18. The Labute approximate surface area is 764 Å². The molecule has 0 spiro atoms. The van der Waals surface area contributed by atoms with E-state index in [1.54, 1.807) is 21.0 Å². The van der Waals surface area contributed by atoms with Gasteiger partial charge >= 0.3 is 0 Å². The lowest BCUT2D eigenvalue weighted by Gasteiger charge is -2.27. The highest BCUT2D eigenvalue weighted by Gasteiger charge is 2.29. The van der Waals surface area contributed by atoms with Gasteiger partial charge in [0.05, 0.1) is 13.7 Å². The highest BCUT2D eigenvalue weighted by atomic mass is 16.5. The first-order valence-electron chi connectivity index (χ1n) is 45.4. The van der Waals surface area contributed by atoms with Gasteiger partial charge in [-0.05, 0) is 432 Å². The second kappa shape index (κ2) is 42.7. The summed E-state index contributed by atoms with van der Waals surface area (Å²) in [5.41, 5.74) is 55.5. The molecular weight excluding hydrogens is 1540 g/mol. The third-order valence-corrected chi connectivity index (χ3v) is 27.8. The SMILES string of the molecule is CC(=O)c1cc(C(c2ccccc2)c2cc(C(C)=O)c(C)c(C)c2C)c(C)c(C)c1C.COc1cc(C(c2cc(C)c(C)c(C)c2)c2cc(C)c(C)c(C)c2)ccc1C.Cc1ccc(C(CO)c2ccc(C)cc2C)c(C)c1.Cc1ccc(C(c2cc(C)c(C)c(C)c2)c2cc(C)c(C)c(C)c2)cc1C.Cc1ccc(C(c2ccc(C)cc2)c2ccc(C)cc2)cc1. The summed E-state index contributed by atoms with van der Waals surface area (Å²) in [7, 11) is 1.75. The minimum absolute atomic E-state index is 0.0593. The predicted molar refractivity (Wildman–Crippen MR) is 542 cm³/mol. The van der Waals surface area contributed by atoms with Gasteiger partial charge in [0.25, 0.3) is 0 Å². The zero-order valence-corrected chi connectivity index (χ0v) is 82.3. The van der Waals surface area contributed by atoms with Crippen LogP contribution in [0.2, 0.25) is 0 Å². The van der Waals surface area contributed by atoms with E-state index in [1.165, 1.54) is 189 Å².